The Hall–Kier alpha value is -2.56. The van der Waals surface area contributed by atoms with Crippen molar-refractivity contribution in [2.75, 3.05) is 25.0 Å². The first-order chi connectivity index (χ1) is 13.2. The van der Waals surface area contributed by atoms with E-state index in [1.165, 1.54) is 11.8 Å². The molecule has 4 rings (SSSR count). The first kappa shape index (κ1) is 17.8. The maximum Gasteiger partial charge on any atom is 0.191 e. The van der Waals surface area contributed by atoms with Gasteiger partial charge in [-0.05, 0) is 43.0 Å². The molecule has 1 aliphatic heterocycles. The summed E-state index contributed by atoms with van der Waals surface area (Å²) < 4.78 is 13.9. The molecule has 27 heavy (non-hydrogen) atoms. The molecular formula is C22H27FN4. The molecule has 1 saturated carbocycles. The highest BCUT2D eigenvalue weighted by Crippen LogP contribution is 2.41. The van der Waals surface area contributed by atoms with Crippen LogP contribution in [-0.4, -0.2) is 38.2 Å². The summed E-state index contributed by atoms with van der Waals surface area (Å²) in [6.45, 7) is 2.08. The number of hydrogen-bond donors (Lipinski definition) is 2. The van der Waals surface area contributed by atoms with Crippen LogP contribution in [-0.2, 0) is 0 Å². The number of hydrogen-bond acceptors (Lipinski definition) is 2. The molecule has 2 aromatic carbocycles. The fraction of sp³-hybridized carbons (Fsp3) is 0.409. The molecule has 5 heteroatoms. The van der Waals surface area contributed by atoms with Gasteiger partial charge in [0, 0.05) is 43.8 Å². The summed E-state index contributed by atoms with van der Waals surface area (Å²) in [5.41, 5.74) is 2.10. The molecule has 2 N–H and O–H groups in total. The number of benzene rings is 2. The average molecular weight is 366 g/mol. The Morgan fingerprint density at radius 3 is 2.41 bits per heavy atom. The van der Waals surface area contributed by atoms with Gasteiger partial charge in [-0.25, -0.2) is 4.39 Å². The van der Waals surface area contributed by atoms with Gasteiger partial charge in [-0.1, -0.05) is 36.4 Å². The maximum absolute atomic E-state index is 13.9. The quantitative estimate of drug-likeness (QED) is 0.642. The van der Waals surface area contributed by atoms with Crippen LogP contribution in [0, 0.1) is 5.82 Å². The molecule has 0 amide bonds. The molecule has 0 bridgehead atoms. The average Bonchev–Trinajstić information content (AvgIpc) is 3.48. The number of para-hydroxylation sites is 1. The lowest BCUT2D eigenvalue weighted by Crippen LogP contribution is -2.49. The minimum atomic E-state index is -0.108. The Kier molecular flexibility index (Phi) is 5.28. The van der Waals surface area contributed by atoms with Crippen molar-refractivity contribution in [1.82, 2.24) is 10.6 Å². The molecule has 2 atom stereocenters. The van der Waals surface area contributed by atoms with Gasteiger partial charge < -0.3 is 15.5 Å². The predicted molar refractivity (Wildman–Crippen MR) is 109 cm³/mol. The topological polar surface area (TPSA) is 39.7 Å². The van der Waals surface area contributed by atoms with E-state index in [-0.39, 0.29) is 17.8 Å². The van der Waals surface area contributed by atoms with Crippen LogP contribution in [0.4, 0.5) is 10.1 Å². The molecule has 0 radical (unpaired) electrons. The summed E-state index contributed by atoms with van der Waals surface area (Å²) in [6, 6.07) is 18.3. The van der Waals surface area contributed by atoms with Crippen molar-refractivity contribution in [3.05, 3.63) is 66.0 Å². The molecule has 2 aromatic rings. The number of anilines is 1. The molecule has 2 fully saturated rings. The predicted octanol–water partition coefficient (Wildman–Crippen LogP) is 3.52. The van der Waals surface area contributed by atoms with E-state index in [2.05, 4.69) is 50.9 Å². The third-order valence-electron chi connectivity index (χ3n) is 5.60. The van der Waals surface area contributed by atoms with Crippen LogP contribution in [0.2, 0.25) is 0 Å². The summed E-state index contributed by atoms with van der Waals surface area (Å²) in [6.07, 6.45) is 3.11. The summed E-state index contributed by atoms with van der Waals surface area (Å²) in [7, 11) is 1.80. The molecule has 2 aliphatic rings. The number of nitrogens with zero attached hydrogens (tertiary/aromatic N) is 2. The van der Waals surface area contributed by atoms with Gasteiger partial charge in [-0.2, -0.15) is 0 Å². The monoisotopic (exact) mass is 366 g/mol. The maximum atomic E-state index is 13.9. The van der Waals surface area contributed by atoms with E-state index in [0.717, 1.165) is 43.9 Å². The Bertz CT molecular complexity index is 784. The molecule has 1 aliphatic carbocycles. The van der Waals surface area contributed by atoms with E-state index in [1.54, 1.807) is 13.1 Å². The van der Waals surface area contributed by atoms with Crippen LogP contribution in [0.1, 0.15) is 30.7 Å². The van der Waals surface area contributed by atoms with Crippen LogP contribution < -0.4 is 15.5 Å². The molecular weight excluding hydrogens is 339 g/mol. The second-order valence-electron chi connectivity index (χ2n) is 7.43. The van der Waals surface area contributed by atoms with Gasteiger partial charge in [0.2, 0.25) is 0 Å². The zero-order valence-electron chi connectivity index (χ0n) is 15.7. The van der Waals surface area contributed by atoms with E-state index < -0.39 is 0 Å². The van der Waals surface area contributed by atoms with Crippen LogP contribution in [0.15, 0.2) is 59.6 Å². The van der Waals surface area contributed by atoms with Gasteiger partial charge in [0.15, 0.2) is 5.96 Å². The standard InChI is InChI=1S/C22H27FN4/c1-24-22(26-21-15-19(21)18-9-5-6-10-20(18)23)25-16-11-13-27(14-12-16)17-7-3-2-4-8-17/h2-10,16,19,21H,11-15H2,1H3,(H2,24,25,26). The van der Waals surface area contributed by atoms with Crippen molar-refractivity contribution in [1.29, 1.82) is 0 Å². The first-order valence-corrected chi connectivity index (χ1v) is 9.79. The zero-order valence-corrected chi connectivity index (χ0v) is 15.7. The third kappa shape index (κ3) is 4.24. The Morgan fingerprint density at radius 2 is 1.70 bits per heavy atom. The minimum Gasteiger partial charge on any atom is -0.371 e. The van der Waals surface area contributed by atoms with Gasteiger partial charge in [-0.3, -0.25) is 4.99 Å². The lowest BCUT2D eigenvalue weighted by Gasteiger charge is -2.34. The Balaban J connectivity index is 1.27. The highest BCUT2D eigenvalue weighted by atomic mass is 19.1. The molecule has 1 heterocycles. The lowest BCUT2D eigenvalue weighted by atomic mass is 10.0. The van der Waals surface area contributed by atoms with Crippen molar-refractivity contribution >= 4 is 11.6 Å². The lowest BCUT2D eigenvalue weighted by molar-refractivity contribution is 0.461. The fourth-order valence-corrected chi connectivity index (χ4v) is 3.93. The van der Waals surface area contributed by atoms with Crippen LogP contribution in [0.3, 0.4) is 0 Å². The molecule has 4 nitrogen and oxygen atoms in total. The van der Waals surface area contributed by atoms with Gasteiger partial charge in [-0.15, -0.1) is 0 Å². The van der Waals surface area contributed by atoms with E-state index >= 15 is 0 Å². The van der Waals surface area contributed by atoms with E-state index in [4.69, 9.17) is 0 Å². The van der Waals surface area contributed by atoms with E-state index in [1.807, 2.05) is 12.1 Å². The SMILES string of the molecule is CN=C(NC1CCN(c2ccccc2)CC1)NC1CC1c1ccccc1F. The Labute approximate surface area is 160 Å². The van der Waals surface area contributed by atoms with Crippen molar-refractivity contribution < 1.29 is 4.39 Å². The van der Waals surface area contributed by atoms with Crippen molar-refractivity contribution in [3.63, 3.8) is 0 Å². The number of halogens is 1. The van der Waals surface area contributed by atoms with E-state index in [9.17, 15) is 4.39 Å². The van der Waals surface area contributed by atoms with Crippen LogP contribution >= 0.6 is 0 Å². The van der Waals surface area contributed by atoms with Gasteiger partial charge in [0.1, 0.15) is 5.82 Å². The van der Waals surface area contributed by atoms with Gasteiger partial charge in [0.25, 0.3) is 0 Å². The summed E-state index contributed by atoms with van der Waals surface area (Å²) in [4.78, 5) is 6.81. The van der Waals surface area contributed by atoms with Crippen molar-refractivity contribution in [2.45, 2.75) is 37.3 Å². The number of piperidine rings is 1. The molecule has 0 spiro atoms. The van der Waals surface area contributed by atoms with Crippen molar-refractivity contribution in [2.24, 2.45) is 4.99 Å². The molecule has 142 valence electrons. The summed E-state index contributed by atoms with van der Waals surface area (Å²) in [5, 5.41) is 7.02. The normalized spacial score (nSPS) is 23.2. The second kappa shape index (κ2) is 7.99. The third-order valence-corrected chi connectivity index (χ3v) is 5.60. The number of guanidine groups is 1. The highest BCUT2D eigenvalue weighted by molar-refractivity contribution is 5.81. The number of rotatable bonds is 4. The zero-order chi connectivity index (χ0) is 18.6. The Morgan fingerprint density at radius 1 is 1.00 bits per heavy atom. The molecule has 1 saturated heterocycles. The van der Waals surface area contributed by atoms with Gasteiger partial charge >= 0.3 is 0 Å². The van der Waals surface area contributed by atoms with Gasteiger partial charge in [0.05, 0.1) is 0 Å². The largest absolute Gasteiger partial charge is 0.371 e. The minimum absolute atomic E-state index is 0.108. The van der Waals surface area contributed by atoms with E-state index in [0.29, 0.717) is 6.04 Å². The fourth-order valence-electron chi connectivity index (χ4n) is 3.93. The first-order valence-electron chi connectivity index (χ1n) is 9.79. The summed E-state index contributed by atoms with van der Waals surface area (Å²) in [5.74, 6) is 0.963. The van der Waals surface area contributed by atoms with Crippen LogP contribution in [0.5, 0.6) is 0 Å². The second-order valence-corrected chi connectivity index (χ2v) is 7.43. The molecule has 2 unspecified atom stereocenters. The van der Waals surface area contributed by atoms with Crippen LogP contribution in [0.25, 0.3) is 0 Å². The summed E-state index contributed by atoms with van der Waals surface area (Å²) >= 11 is 0. The van der Waals surface area contributed by atoms with Crippen molar-refractivity contribution in [3.8, 4) is 0 Å². The number of nitrogens with one attached hydrogen (secondary N) is 2. The molecule has 0 aromatic heterocycles. The highest BCUT2D eigenvalue weighted by Gasteiger charge is 2.40. The number of aliphatic imine (C=N–C) groups is 1. The smallest absolute Gasteiger partial charge is 0.191 e.